The fourth-order valence-electron chi connectivity index (χ4n) is 4.06. The Morgan fingerprint density at radius 2 is 1.60 bits per heavy atom. The molecule has 1 saturated carbocycles. The van der Waals surface area contributed by atoms with Crippen LogP contribution < -0.4 is 0 Å². The molecule has 2 aromatic carbocycles. The summed E-state index contributed by atoms with van der Waals surface area (Å²) in [6, 6.07) is 20.0. The number of rotatable bonds is 4. The first kappa shape index (κ1) is 16.4. The highest BCUT2D eigenvalue weighted by Crippen LogP contribution is 2.32. The average molecular weight is 329 g/mol. The van der Waals surface area contributed by atoms with Gasteiger partial charge in [0, 0.05) is 6.04 Å². The zero-order valence-electron chi connectivity index (χ0n) is 15.0. The van der Waals surface area contributed by atoms with Crippen LogP contribution in [-0.4, -0.2) is 24.0 Å². The molecule has 1 aliphatic heterocycles. The summed E-state index contributed by atoms with van der Waals surface area (Å²) < 4.78 is 0. The number of likely N-dealkylation sites (tertiary alicyclic amines) is 1. The van der Waals surface area contributed by atoms with Crippen molar-refractivity contribution >= 4 is 11.6 Å². The second kappa shape index (κ2) is 7.41. The van der Waals surface area contributed by atoms with Gasteiger partial charge in [-0.15, -0.1) is 0 Å². The summed E-state index contributed by atoms with van der Waals surface area (Å²) >= 11 is 0. The second-order valence-electron chi connectivity index (χ2n) is 7.34. The third kappa shape index (κ3) is 3.62. The van der Waals surface area contributed by atoms with E-state index in [9.17, 15) is 0 Å². The van der Waals surface area contributed by atoms with E-state index in [0.717, 1.165) is 5.57 Å². The minimum absolute atomic E-state index is 0.696. The van der Waals surface area contributed by atoms with Crippen LogP contribution in [0.25, 0.3) is 11.6 Å². The molecule has 1 aliphatic carbocycles. The van der Waals surface area contributed by atoms with Crippen LogP contribution in [0.4, 0.5) is 0 Å². The molecule has 1 unspecified atom stereocenters. The van der Waals surface area contributed by atoms with Gasteiger partial charge in [-0.25, -0.2) is 0 Å². The van der Waals surface area contributed by atoms with Crippen molar-refractivity contribution < 1.29 is 0 Å². The number of hydrogen-bond acceptors (Lipinski definition) is 1. The van der Waals surface area contributed by atoms with Crippen LogP contribution in [0.3, 0.4) is 0 Å². The van der Waals surface area contributed by atoms with Crippen LogP contribution >= 0.6 is 0 Å². The van der Waals surface area contributed by atoms with Gasteiger partial charge in [0.05, 0.1) is 0 Å². The van der Waals surface area contributed by atoms with Crippen LogP contribution in [0.15, 0.2) is 66.7 Å². The van der Waals surface area contributed by atoms with Gasteiger partial charge in [-0.1, -0.05) is 79.2 Å². The maximum atomic E-state index is 4.27. The molecule has 1 nitrogen and oxygen atoms in total. The maximum absolute atomic E-state index is 4.27. The van der Waals surface area contributed by atoms with Gasteiger partial charge < -0.3 is 0 Å². The van der Waals surface area contributed by atoms with E-state index >= 15 is 0 Å². The summed E-state index contributed by atoms with van der Waals surface area (Å²) in [6.07, 6.45) is 9.15. The van der Waals surface area contributed by atoms with Gasteiger partial charge in [-0.2, -0.15) is 0 Å². The van der Waals surface area contributed by atoms with E-state index in [-0.39, 0.29) is 0 Å². The Labute approximate surface area is 151 Å². The van der Waals surface area contributed by atoms with Crippen molar-refractivity contribution in [3.63, 3.8) is 0 Å². The lowest BCUT2D eigenvalue weighted by Crippen LogP contribution is -2.46. The van der Waals surface area contributed by atoms with Crippen molar-refractivity contribution in [2.24, 2.45) is 0 Å². The molecule has 1 saturated heterocycles. The highest BCUT2D eigenvalue weighted by Gasteiger charge is 2.28. The third-order valence-electron chi connectivity index (χ3n) is 5.69. The fraction of sp³-hybridized carbons (Fsp3) is 0.333. The van der Waals surface area contributed by atoms with Gasteiger partial charge in [0.2, 0.25) is 0 Å². The van der Waals surface area contributed by atoms with Crippen LogP contribution in [0.1, 0.15) is 48.8 Å². The molecule has 1 heterocycles. The summed E-state index contributed by atoms with van der Waals surface area (Å²) in [5.74, 6) is 0. The van der Waals surface area contributed by atoms with Crippen molar-refractivity contribution in [1.29, 1.82) is 0 Å². The van der Waals surface area contributed by atoms with Crippen molar-refractivity contribution in [3.05, 3.63) is 83.4 Å². The SMILES string of the molecule is C=C(c1ccccc1)c1ccc(/C=C2/CCCCC2N2CCC2)cc1. The van der Waals surface area contributed by atoms with E-state index in [0.29, 0.717) is 6.04 Å². The Morgan fingerprint density at radius 1 is 0.880 bits per heavy atom. The Balaban J connectivity index is 1.52. The molecular formula is C24H27N. The summed E-state index contributed by atoms with van der Waals surface area (Å²) in [5, 5.41) is 0. The normalized spacial score (nSPS) is 22.6. The van der Waals surface area contributed by atoms with E-state index in [1.165, 1.54) is 61.9 Å². The van der Waals surface area contributed by atoms with Crippen molar-refractivity contribution in [3.8, 4) is 0 Å². The average Bonchev–Trinajstić information content (AvgIpc) is 2.63. The minimum Gasteiger partial charge on any atom is -0.297 e. The standard InChI is InChI=1S/C24H27N/c1-19(21-8-3-2-4-9-21)22-14-12-20(13-15-22)18-23-10-5-6-11-24(23)25-16-7-17-25/h2-4,8-9,12-15,18,24H,1,5-7,10-11,16-17H2/b23-18-. The highest BCUT2D eigenvalue weighted by molar-refractivity contribution is 5.78. The van der Waals surface area contributed by atoms with Gasteiger partial charge in [0.25, 0.3) is 0 Å². The zero-order valence-corrected chi connectivity index (χ0v) is 15.0. The van der Waals surface area contributed by atoms with Crippen LogP contribution in [0.5, 0.6) is 0 Å². The zero-order chi connectivity index (χ0) is 17.1. The quantitative estimate of drug-likeness (QED) is 0.687. The summed E-state index contributed by atoms with van der Waals surface area (Å²) in [6.45, 7) is 6.85. The first-order valence-electron chi connectivity index (χ1n) is 9.60. The lowest BCUT2D eigenvalue weighted by atomic mass is 9.86. The van der Waals surface area contributed by atoms with Crippen LogP contribution in [0.2, 0.25) is 0 Å². The number of hydrogen-bond donors (Lipinski definition) is 0. The Morgan fingerprint density at radius 3 is 2.28 bits per heavy atom. The lowest BCUT2D eigenvalue weighted by Gasteiger charge is -2.42. The molecule has 2 aromatic rings. The largest absolute Gasteiger partial charge is 0.297 e. The predicted molar refractivity (Wildman–Crippen MR) is 107 cm³/mol. The molecule has 25 heavy (non-hydrogen) atoms. The predicted octanol–water partition coefficient (Wildman–Crippen LogP) is 5.78. The van der Waals surface area contributed by atoms with Crippen molar-refractivity contribution in [2.75, 3.05) is 13.1 Å². The molecule has 0 amide bonds. The molecule has 0 spiro atoms. The number of benzene rings is 2. The lowest BCUT2D eigenvalue weighted by molar-refractivity contribution is 0.121. The molecule has 4 rings (SSSR count). The van der Waals surface area contributed by atoms with E-state index in [4.69, 9.17) is 0 Å². The molecule has 1 heteroatoms. The third-order valence-corrected chi connectivity index (χ3v) is 5.69. The fourth-order valence-corrected chi connectivity index (χ4v) is 4.06. The van der Waals surface area contributed by atoms with E-state index in [1.54, 1.807) is 5.57 Å². The minimum atomic E-state index is 0.696. The molecule has 1 atom stereocenters. The van der Waals surface area contributed by atoms with Gasteiger partial charge in [-0.05, 0) is 61.0 Å². The van der Waals surface area contributed by atoms with Gasteiger partial charge in [0.15, 0.2) is 0 Å². The molecule has 2 aliphatic rings. The summed E-state index contributed by atoms with van der Waals surface area (Å²) in [5.41, 5.74) is 6.46. The molecule has 128 valence electrons. The van der Waals surface area contributed by atoms with Crippen molar-refractivity contribution in [1.82, 2.24) is 4.90 Å². The molecule has 0 N–H and O–H groups in total. The molecular weight excluding hydrogens is 302 g/mol. The van der Waals surface area contributed by atoms with E-state index in [1.807, 2.05) is 6.07 Å². The van der Waals surface area contributed by atoms with Gasteiger partial charge >= 0.3 is 0 Å². The van der Waals surface area contributed by atoms with Crippen LogP contribution in [0, 0.1) is 0 Å². The summed E-state index contributed by atoms with van der Waals surface area (Å²) in [7, 11) is 0. The second-order valence-corrected chi connectivity index (χ2v) is 7.34. The Kier molecular flexibility index (Phi) is 4.85. The van der Waals surface area contributed by atoms with Gasteiger partial charge in [0.1, 0.15) is 0 Å². The maximum Gasteiger partial charge on any atom is 0.0310 e. The monoisotopic (exact) mass is 329 g/mol. The topological polar surface area (TPSA) is 3.24 Å². The first-order chi connectivity index (χ1) is 12.3. The Hall–Kier alpha value is -2.12. The first-order valence-corrected chi connectivity index (χ1v) is 9.60. The van der Waals surface area contributed by atoms with Crippen LogP contribution in [-0.2, 0) is 0 Å². The number of nitrogens with zero attached hydrogens (tertiary/aromatic N) is 1. The molecule has 0 aromatic heterocycles. The Bertz CT molecular complexity index is 750. The molecule has 2 fully saturated rings. The van der Waals surface area contributed by atoms with Crippen molar-refractivity contribution in [2.45, 2.75) is 38.1 Å². The molecule has 0 radical (unpaired) electrons. The van der Waals surface area contributed by atoms with Gasteiger partial charge in [-0.3, -0.25) is 4.90 Å². The van der Waals surface area contributed by atoms with E-state index < -0.39 is 0 Å². The molecule has 0 bridgehead atoms. The van der Waals surface area contributed by atoms with E-state index in [2.05, 4.69) is 66.1 Å². The highest BCUT2D eigenvalue weighted by atomic mass is 15.2. The summed E-state index contributed by atoms with van der Waals surface area (Å²) in [4.78, 5) is 2.66. The smallest absolute Gasteiger partial charge is 0.0310 e.